The summed E-state index contributed by atoms with van der Waals surface area (Å²) in [4.78, 5) is 19.6. The summed E-state index contributed by atoms with van der Waals surface area (Å²) in [5.41, 5.74) is 3.84. The van der Waals surface area contributed by atoms with E-state index in [9.17, 15) is 4.79 Å². The number of fused-ring (bicyclic) bond motifs is 1. The molecule has 1 saturated carbocycles. The van der Waals surface area contributed by atoms with Crippen LogP contribution in [0.4, 0.5) is 0 Å². The number of carbonyl (C=O) groups is 1. The highest BCUT2D eigenvalue weighted by atomic mass is 16.1. The molecule has 1 aliphatic carbocycles. The van der Waals surface area contributed by atoms with E-state index < -0.39 is 0 Å². The summed E-state index contributed by atoms with van der Waals surface area (Å²) in [5.74, 6) is 1.32. The Balaban J connectivity index is 1.38. The minimum absolute atomic E-state index is 0.0193. The molecule has 122 valence electrons. The molecule has 0 aliphatic heterocycles. The van der Waals surface area contributed by atoms with Gasteiger partial charge in [0, 0.05) is 12.1 Å². The Bertz CT molecular complexity index is 836. The third kappa shape index (κ3) is 3.18. The SMILES string of the molecule is O=C(NCCC(c1ccccc1)C1CC1)c1ccc2nc[nH]c2c1. The van der Waals surface area contributed by atoms with Gasteiger partial charge in [-0.25, -0.2) is 4.98 Å². The van der Waals surface area contributed by atoms with E-state index in [1.165, 1.54) is 18.4 Å². The molecule has 1 aliphatic rings. The Morgan fingerprint density at radius 2 is 2.04 bits per heavy atom. The Kier molecular flexibility index (Phi) is 4.03. The molecule has 3 aromatic rings. The fraction of sp³-hybridized carbons (Fsp3) is 0.300. The van der Waals surface area contributed by atoms with E-state index in [0.29, 0.717) is 18.0 Å². The summed E-state index contributed by atoms with van der Waals surface area (Å²) in [5, 5.41) is 3.07. The van der Waals surface area contributed by atoms with Crippen LogP contribution in [0.25, 0.3) is 11.0 Å². The predicted molar refractivity (Wildman–Crippen MR) is 95.0 cm³/mol. The standard InChI is InChI=1S/C20H21N3O/c24-20(16-8-9-18-19(12-16)23-13-22-18)21-11-10-17(15-6-7-15)14-4-2-1-3-5-14/h1-5,8-9,12-13,15,17H,6-7,10-11H2,(H,21,24)(H,22,23). The van der Waals surface area contributed by atoms with Crippen molar-refractivity contribution in [2.24, 2.45) is 5.92 Å². The van der Waals surface area contributed by atoms with Gasteiger partial charge in [0.1, 0.15) is 0 Å². The van der Waals surface area contributed by atoms with Crippen molar-refractivity contribution in [3.8, 4) is 0 Å². The van der Waals surface area contributed by atoms with E-state index in [4.69, 9.17) is 0 Å². The minimum atomic E-state index is -0.0193. The van der Waals surface area contributed by atoms with Gasteiger partial charge in [-0.2, -0.15) is 0 Å². The van der Waals surface area contributed by atoms with Gasteiger partial charge in [0.25, 0.3) is 5.91 Å². The van der Waals surface area contributed by atoms with Gasteiger partial charge in [0.05, 0.1) is 17.4 Å². The van der Waals surface area contributed by atoms with Gasteiger partial charge in [0.15, 0.2) is 0 Å². The van der Waals surface area contributed by atoms with Gasteiger partial charge in [-0.1, -0.05) is 30.3 Å². The van der Waals surface area contributed by atoms with E-state index in [1.807, 2.05) is 18.2 Å². The first-order valence-electron chi connectivity index (χ1n) is 8.57. The monoisotopic (exact) mass is 319 g/mol. The molecule has 1 aromatic heterocycles. The molecule has 24 heavy (non-hydrogen) atoms. The molecule has 1 heterocycles. The molecule has 1 atom stereocenters. The van der Waals surface area contributed by atoms with Crippen LogP contribution in [0.15, 0.2) is 54.9 Å². The number of aromatic amines is 1. The molecule has 4 heteroatoms. The first-order chi connectivity index (χ1) is 11.8. The number of nitrogens with zero attached hydrogens (tertiary/aromatic N) is 1. The Morgan fingerprint density at radius 1 is 1.21 bits per heavy atom. The van der Waals surface area contributed by atoms with E-state index in [2.05, 4.69) is 45.6 Å². The van der Waals surface area contributed by atoms with E-state index in [0.717, 1.165) is 23.4 Å². The van der Waals surface area contributed by atoms with Crippen LogP contribution in [0.1, 0.15) is 41.1 Å². The Morgan fingerprint density at radius 3 is 2.83 bits per heavy atom. The van der Waals surface area contributed by atoms with Gasteiger partial charge in [-0.15, -0.1) is 0 Å². The molecule has 1 amide bonds. The lowest BCUT2D eigenvalue weighted by molar-refractivity contribution is 0.0952. The van der Waals surface area contributed by atoms with Gasteiger partial charge in [-0.3, -0.25) is 4.79 Å². The number of hydrogen-bond donors (Lipinski definition) is 2. The number of imidazole rings is 1. The molecule has 4 rings (SSSR count). The highest BCUT2D eigenvalue weighted by Gasteiger charge is 2.31. The van der Waals surface area contributed by atoms with Crippen molar-refractivity contribution < 1.29 is 4.79 Å². The van der Waals surface area contributed by atoms with Gasteiger partial charge >= 0.3 is 0 Å². The van der Waals surface area contributed by atoms with E-state index >= 15 is 0 Å². The van der Waals surface area contributed by atoms with Crippen molar-refractivity contribution in [2.75, 3.05) is 6.54 Å². The molecule has 0 saturated heterocycles. The van der Waals surface area contributed by atoms with Gasteiger partial charge in [0.2, 0.25) is 0 Å². The van der Waals surface area contributed by atoms with Crippen LogP contribution in [0.5, 0.6) is 0 Å². The van der Waals surface area contributed by atoms with Crippen molar-refractivity contribution in [3.63, 3.8) is 0 Å². The van der Waals surface area contributed by atoms with Crippen LogP contribution in [-0.2, 0) is 0 Å². The number of hydrogen-bond acceptors (Lipinski definition) is 2. The molecular weight excluding hydrogens is 298 g/mol. The number of rotatable bonds is 6. The fourth-order valence-corrected chi connectivity index (χ4v) is 3.39. The van der Waals surface area contributed by atoms with E-state index in [-0.39, 0.29) is 5.91 Å². The number of H-pyrrole nitrogens is 1. The molecule has 0 radical (unpaired) electrons. The third-order valence-corrected chi connectivity index (χ3v) is 4.84. The van der Waals surface area contributed by atoms with Crippen LogP contribution in [0, 0.1) is 5.92 Å². The minimum Gasteiger partial charge on any atom is -0.352 e. The lowest BCUT2D eigenvalue weighted by Gasteiger charge is -2.17. The third-order valence-electron chi connectivity index (χ3n) is 4.84. The maximum absolute atomic E-state index is 12.4. The summed E-state index contributed by atoms with van der Waals surface area (Å²) in [6.07, 6.45) is 5.26. The highest BCUT2D eigenvalue weighted by molar-refractivity contribution is 5.97. The van der Waals surface area contributed by atoms with E-state index in [1.54, 1.807) is 6.33 Å². The normalized spacial score (nSPS) is 15.3. The first kappa shape index (κ1) is 14.9. The summed E-state index contributed by atoms with van der Waals surface area (Å²) in [7, 11) is 0. The molecule has 1 unspecified atom stereocenters. The number of nitrogens with one attached hydrogen (secondary N) is 2. The molecule has 4 nitrogen and oxygen atoms in total. The maximum atomic E-state index is 12.4. The molecule has 2 aromatic carbocycles. The molecule has 0 spiro atoms. The molecule has 1 fully saturated rings. The van der Waals surface area contributed by atoms with Crippen LogP contribution in [0.3, 0.4) is 0 Å². The summed E-state index contributed by atoms with van der Waals surface area (Å²) < 4.78 is 0. The van der Waals surface area contributed by atoms with Crippen molar-refractivity contribution >= 4 is 16.9 Å². The number of aromatic nitrogens is 2. The zero-order chi connectivity index (χ0) is 16.4. The predicted octanol–water partition coefficient (Wildman–Crippen LogP) is 3.88. The summed E-state index contributed by atoms with van der Waals surface area (Å²) >= 11 is 0. The first-order valence-corrected chi connectivity index (χ1v) is 8.57. The highest BCUT2D eigenvalue weighted by Crippen LogP contribution is 2.44. The van der Waals surface area contributed by atoms with Crippen molar-refractivity contribution in [3.05, 3.63) is 66.0 Å². The lowest BCUT2D eigenvalue weighted by Crippen LogP contribution is -2.26. The van der Waals surface area contributed by atoms with Gasteiger partial charge in [-0.05, 0) is 54.9 Å². The average Bonchev–Trinajstić information content (AvgIpc) is 3.35. The number of carbonyl (C=O) groups excluding carboxylic acids is 1. The van der Waals surface area contributed by atoms with Crippen molar-refractivity contribution in [1.29, 1.82) is 0 Å². The second-order valence-electron chi connectivity index (χ2n) is 6.53. The second-order valence-corrected chi connectivity index (χ2v) is 6.53. The van der Waals surface area contributed by atoms with Crippen LogP contribution >= 0.6 is 0 Å². The van der Waals surface area contributed by atoms with Crippen molar-refractivity contribution in [2.45, 2.75) is 25.2 Å². The maximum Gasteiger partial charge on any atom is 0.251 e. The summed E-state index contributed by atoms with van der Waals surface area (Å²) in [6, 6.07) is 16.2. The molecule has 0 bridgehead atoms. The average molecular weight is 319 g/mol. The van der Waals surface area contributed by atoms with Crippen molar-refractivity contribution in [1.82, 2.24) is 15.3 Å². The summed E-state index contributed by atoms with van der Waals surface area (Å²) in [6.45, 7) is 0.704. The quantitative estimate of drug-likeness (QED) is 0.724. The molecular formula is C20H21N3O. The number of benzene rings is 2. The van der Waals surface area contributed by atoms with Crippen LogP contribution in [-0.4, -0.2) is 22.4 Å². The van der Waals surface area contributed by atoms with Gasteiger partial charge < -0.3 is 10.3 Å². The van der Waals surface area contributed by atoms with Crippen LogP contribution in [0.2, 0.25) is 0 Å². The second kappa shape index (κ2) is 6.48. The molecule has 2 N–H and O–H groups in total. The Labute approximate surface area is 141 Å². The van der Waals surface area contributed by atoms with Crippen LogP contribution < -0.4 is 5.32 Å². The number of amides is 1. The largest absolute Gasteiger partial charge is 0.352 e. The lowest BCUT2D eigenvalue weighted by atomic mass is 9.91. The zero-order valence-electron chi connectivity index (χ0n) is 13.5. The zero-order valence-corrected chi connectivity index (χ0v) is 13.5. The smallest absolute Gasteiger partial charge is 0.251 e. The fourth-order valence-electron chi connectivity index (χ4n) is 3.39. The Hall–Kier alpha value is -2.62. The topological polar surface area (TPSA) is 57.8 Å².